The summed E-state index contributed by atoms with van der Waals surface area (Å²) in [6, 6.07) is 0. The third-order valence-electron chi connectivity index (χ3n) is 2.16. The molecule has 0 heterocycles. The fourth-order valence-corrected chi connectivity index (χ4v) is 0.661. The molecule has 1 amide bonds. The number of carbonyl (C=O) groups excluding carboxylic acids is 1. The van der Waals surface area contributed by atoms with Crippen LogP contribution in [0.25, 0.3) is 0 Å². The first-order valence-electron chi connectivity index (χ1n) is 4.55. The van der Waals surface area contributed by atoms with E-state index in [4.69, 9.17) is 5.11 Å². The predicted molar refractivity (Wildman–Crippen MR) is 53.9 cm³/mol. The van der Waals surface area contributed by atoms with E-state index in [1.165, 1.54) is 6.92 Å². The molecule has 0 radical (unpaired) electrons. The Morgan fingerprint density at radius 1 is 1.36 bits per heavy atom. The Morgan fingerprint density at radius 3 is 2.21 bits per heavy atom. The van der Waals surface area contributed by atoms with E-state index in [1.54, 1.807) is 20.9 Å². The SMILES string of the molecule is CNC(C)(C)C(=O)NCC(C)(O)CO. The lowest BCUT2D eigenvalue weighted by molar-refractivity contribution is -0.127. The summed E-state index contributed by atoms with van der Waals surface area (Å²) in [5.41, 5.74) is -1.94. The first-order valence-corrected chi connectivity index (χ1v) is 4.55. The summed E-state index contributed by atoms with van der Waals surface area (Å²) in [6.07, 6.45) is 0. The van der Waals surface area contributed by atoms with E-state index in [1.807, 2.05) is 0 Å². The molecule has 1 atom stereocenters. The highest BCUT2D eigenvalue weighted by Crippen LogP contribution is 2.03. The Bertz CT molecular complexity index is 202. The Hall–Kier alpha value is -0.650. The quantitative estimate of drug-likeness (QED) is 0.455. The smallest absolute Gasteiger partial charge is 0.239 e. The number of aliphatic hydroxyl groups excluding tert-OH is 1. The number of rotatable bonds is 5. The highest BCUT2D eigenvalue weighted by Gasteiger charge is 2.27. The maximum Gasteiger partial charge on any atom is 0.239 e. The molecule has 0 aromatic carbocycles. The van der Waals surface area contributed by atoms with Crippen molar-refractivity contribution in [3.05, 3.63) is 0 Å². The summed E-state index contributed by atoms with van der Waals surface area (Å²) >= 11 is 0. The highest BCUT2D eigenvalue weighted by atomic mass is 16.3. The van der Waals surface area contributed by atoms with Crippen LogP contribution in [-0.2, 0) is 4.79 Å². The van der Waals surface area contributed by atoms with Gasteiger partial charge in [-0.1, -0.05) is 0 Å². The molecule has 0 aromatic heterocycles. The van der Waals surface area contributed by atoms with Gasteiger partial charge in [0.1, 0.15) is 5.60 Å². The van der Waals surface area contributed by atoms with Gasteiger partial charge in [-0.25, -0.2) is 0 Å². The van der Waals surface area contributed by atoms with Gasteiger partial charge in [-0.15, -0.1) is 0 Å². The van der Waals surface area contributed by atoms with Crippen LogP contribution in [0.5, 0.6) is 0 Å². The normalized spacial score (nSPS) is 16.1. The molecule has 0 rings (SSSR count). The van der Waals surface area contributed by atoms with Crippen LogP contribution in [-0.4, -0.2) is 47.5 Å². The van der Waals surface area contributed by atoms with Gasteiger partial charge in [0.2, 0.25) is 5.91 Å². The van der Waals surface area contributed by atoms with Crippen molar-refractivity contribution in [3.63, 3.8) is 0 Å². The van der Waals surface area contributed by atoms with Gasteiger partial charge in [0.05, 0.1) is 12.1 Å². The van der Waals surface area contributed by atoms with Gasteiger partial charge >= 0.3 is 0 Å². The first-order chi connectivity index (χ1) is 6.25. The van der Waals surface area contributed by atoms with Gasteiger partial charge < -0.3 is 20.8 Å². The molecular weight excluding hydrogens is 184 g/mol. The van der Waals surface area contributed by atoms with Crippen LogP contribution in [0.1, 0.15) is 20.8 Å². The molecular formula is C9H20N2O3. The van der Waals surface area contributed by atoms with Crippen molar-refractivity contribution in [2.24, 2.45) is 0 Å². The number of nitrogens with one attached hydrogen (secondary N) is 2. The van der Waals surface area contributed by atoms with E-state index in [-0.39, 0.29) is 19.1 Å². The fraction of sp³-hybridized carbons (Fsp3) is 0.889. The van der Waals surface area contributed by atoms with Crippen molar-refractivity contribution in [3.8, 4) is 0 Å². The van der Waals surface area contributed by atoms with Crippen LogP contribution in [0.3, 0.4) is 0 Å². The van der Waals surface area contributed by atoms with Gasteiger partial charge in [-0.05, 0) is 27.8 Å². The number of hydrogen-bond donors (Lipinski definition) is 4. The van der Waals surface area contributed by atoms with Gasteiger partial charge in [0, 0.05) is 6.54 Å². The average Bonchev–Trinajstić information content (AvgIpc) is 2.14. The van der Waals surface area contributed by atoms with Crippen LogP contribution in [0, 0.1) is 0 Å². The second-order valence-electron chi connectivity index (χ2n) is 4.21. The summed E-state index contributed by atoms with van der Waals surface area (Å²) in [7, 11) is 1.68. The number of aliphatic hydroxyl groups is 2. The minimum Gasteiger partial charge on any atom is -0.393 e. The zero-order valence-electron chi connectivity index (χ0n) is 9.22. The lowest BCUT2D eigenvalue weighted by Crippen LogP contribution is -2.54. The monoisotopic (exact) mass is 204 g/mol. The van der Waals surface area contributed by atoms with Crippen molar-refractivity contribution in [1.82, 2.24) is 10.6 Å². The molecule has 0 saturated heterocycles. The van der Waals surface area contributed by atoms with Crippen LogP contribution in [0.15, 0.2) is 0 Å². The molecule has 0 aliphatic rings. The molecule has 5 nitrogen and oxygen atoms in total. The topological polar surface area (TPSA) is 81.6 Å². The van der Waals surface area contributed by atoms with Crippen molar-refractivity contribution in [2.45, 2.75) is 31.9 Å². The van der Waals surface area contributed by atoms with E-state index in [0.29, 0.717) is 0 Å². The van der Waals surface area contributed by atoms with Gasteiger partial charge in [0.15, 0.2) is 0 Å². The van der Waals surface area contributed by atoms with Crippen molar-refractivity contribution in [1.29, 1.82) is 0 Å². The minimum absolute atomic E-state index is 0.0352. The molecule has 84 valence electrons. The zero-order valence-corrected chi connectivity index (χ0v) is 9.22. The molecule has 0 saturated carbocycles. The van der Waals surface area contributed by atoms with Crippen molar-refractivity contribution in [2.75, 3.05) is 20.2 Å². The summed E-state index contributed by atoms with van der Waals surface area (Å²) in [5.74, 6) is -0.214. The van der Waals surface area contributed by atoms with Crippen molar-refractivity contribution < 1.29 is 15.0 Å². The third kappa shape index (κ3) is 4.04. The Morgan fingerprint density at radius 2 is 1.86 bits per heavy atom. The van der Waals surface area contributed by atoms with Gasteiger partial charge in [-0.3, -0.25) is 4.79 Å². The largest absolute Gasteiger partial charge is 0.393 e. The van der Waals surface area contributed by atoms with E-state index < -0.39 is 11.1 Å². The lowest BCUT2D eigenvalue weighted by Gasteiger charge is -2.26. The van der Waals surface area contributed by atoms with Gasteiger partial charge in [-0.2, -0.15) is 0 Å². The molecule has 4 N–H and O–H groups in total. The molecule has 5 heteroatoms. The summed E-state index contributed by atoms with van der Waals surface area (Å²) in [5, 5.41) is 23.6. The number of amides is 1. The molecule has 0 aliphatic carbocycles. The van der Waals surface area contributed by atoms with Crippen LogP contribution in [0.2, 0.25) is 0 Å². The second kappa shape index (κ2) is 4.72. The summed E-state index contributed by atoms with van der Waals surface area (Å²) < 4.78 is 0. The molecule has 0 bridgehead atoms. The highest BCUT2D eigenvalue weighted by molar-refractivity contribution is 5.85. The summed E-state index contributed by atoms with van der Waals surface area (Å²) in [6.45, 7) is 4.58. The zero-order chi connectivity index (χ0) is 11.4. The molecule has 0 spiro atoms. The van der Waals surface area contributed by atoms with Crippen LogP contribution < -0.4 is 10.6 Å². The Balaban J connectivity index is 4.10. The van der Waals surface area contributed by atoms with E-state index in [9.17, 15) is 9.90 Å². The number of likely N-dealkylation sites (N-methyl/N-ethyl adjacent to an activating group) is 1. The molecule has 0 aromatic rings. The lowest BCUT2D eigenvalue weighted by atomic mass is 10.0. The molecule has 14 heavy (non-hydrogen) atoms. The number of carbonyl (C=O) groups is 1. The second-order valence-corrected chi connectivity index (χ2v) is 4.21. The average molecular weight is 204 g/mol. The van der Waals surface area contributed by atoms with E-state index in [0.717, 1.165) is 0 Å². The Kier molecular flexibility index (Phi) is 4.51. The van der Waals surface area contributed by atoms with Gasteiger partial charge in [0.25, 0.3) is 0 Å². The van der Waals surface area contributed by atoms with Crippen LogP contribution >= 0.6 is 0 Å². The van der Waals surface area contributed by atoms with Crippen LogP contribution in [0.4, 0.5) is 0 Å². The predicted octanol–water partition coefficient (Wildman–Crippen LogP) is -1.16. The number of hydrogen-bond acceptors (Lipinski definition) is 4. The molecule has 0 fully saturated rings. The van der Waals surface area contributed by atoms with E-state index in [2.05, 4.69) is 10.6 Å². The summed E-state index contributed by atoms with van der Waals surface area (Å²) in [4.78, 5) is 11.5. The fourth-order valence-electron chi connectivity index (χ4n) is 0.661. The molecule has 0 aliphatic heterocycles. The first kappa shape index (κ1) is 13.4. The minimum atomic E-state index is -1.26. The standard InChI is InChI=1S/C9H20N2O3/c1-8(2,10-4)7(13)11-5-9(3,14)6-12/h10,12,14H,5-6H2,1-4H3,(H,11,13). The maximum atomic E-state index is 11.5. The van der Waals surface area contributed by atoms with Crippen molar-refractivity contribution >= 4 is 5.91 Å². The van der Waals surface area contributed by atoms with E-state index >= 15 is 0 Å². The Labute approximate surface area is 84.5 Å². The molecule has 1 unspecified atom stereocenters. The maximum absolute atomic E-state index is 11.5. The third-order valence-corrected chi connectivity index (χ3v) is 2.16.